The van der Waals surface area contributed by atoms with Gasteiger partial charge in [-0.2, -0.15) is 10.4 Å². The fourth-order valence-corrected chi connectivity index (χ4v) is 1.73. The van der Waals surface area contributed by atoms with Gasteiger partial charge in [0.05, 0.1) is 11.3 Å². The van der Waals surface area contributed by atoms with E-state index < -0.39 is 23.6 Å². The Labute approximate surface area is 119 Å². The molecule has 1 aromatic carbocycles. The second-order valence-electron chi connectivity index (χ2n) is 4.51. The maximum absolute atomic E-state index is 13.1. The normalized spacial score (nSPS) is 11.8. The molecule has 7 heteroatoms. The van der Waals surface area contributed by atoms with Crippen LogP contribution in [0.4, 0.5) is 14.5 Å². The standard InChI is InChI=1S/C14H12F2N4O/c1-8-10(6-17)7-20(19-8)9(2)14(21)18-11-3-4-12(15)13(16)5-11/h3-5,7,9H,1-2H3,(H,18,21)/t9-/m0/s1. The topological polar surface area (TPSA) is 70.7 Å². The zero-order chi connectivity index (χ0) is 15.6. The van der Waals surface area contributed by atoms with Gasteiger partial charge in [0.25, 0.3) is 0 Å². The molecule has 1 aromatic heterocycles. The number of anilines is 1. The largest absolute Gasteiger partial charge is 0.324 e. The first-order chi connectivity index (χ1) is 9.92. The monoisotopic (exact) mass is 290 g/mol. The predicted octanol–water partition coefficient (Wildman–Crippen LogP) is 2.54. The first-order valence-electron chi connectivity index (χ1n) is 6.14. The molecule has 1 amide bonds. The number of carbonyl (C=O) groups excluding carboxylic acids is 1. The molecule has 0 aliphatic rings. The Balaban J connectivity index is 2.15. The molecular formula is C14H12F2N4O. The molecule has 1 N–H and O–H groups in total. The van der Waals surface area contributed by atoms with Gasteiger partial charge in [-0.05, 0) is 26.0 Å². The van der Waals surface area contributed by atoms with Crippen LogP contribution in [0.1, 0.15) is 24.2 Å². The summed E-state index contributed by atoms with van der Waals surface area (Å²) < 4.78 is 27.2. The van der Waals surface area contributed by atoms with Crippen LogP contribution in [-0.4, -0.2) is 15.7 Å². The van der Waals surface area contributed by atoms with E-state index in [1.807, 2.05) is 6.07 Å². The lowest BCUT2D eigenvalue weighted by Gasteiger charge is -2.12. The highest BCUT2D eigenvalue weighted by Gasteiger charge is 2.18. The third kappa shape index (κ3) is 3.05. The van der Waals surface area contributed by atoms with Crippen molar-refractivity contribution in [3.05, 3.63) is 47.3 Å². The third-order valence-electron chi connectivity index (χ3n) is 3.00. The number of benzene rings is 1. The smallest absolute Gasteiger partial charge is 0.248 e. The number of nitrogens with one attached hydrogen (secondary N) is 1. The van der Waals surface area contributed by atoms with Crippen LogP contribution < -0.4 is 5.32 Å². The van der Waals surface area contributed by atoms with Crippen molar-refractivity contribution in [2.24, 2.45) is 0 Å². The summed E-state index contributed by atoms with van der Waals surface area (Å²) in [6.07, 6.45) is 1.46. The minimum absolute atomic E-state index is 0.148. The van der Waals surface area contributed by atoms with E-state index in [0.29, 0.717) is 11.3 Å². The SMILES string of the molecule is Cc1nn([C@@H](C)C(=O)Nc2ccc(F)c(F)c2)cc1C#N. The number of carbonyl (C=O) groups is 1. The molecule has 0 saturated heterocycles. The lowest BCUT2D eigenvalue weighted by molar-refractivity contribution is -0.119. The summed E-state index contributed by atoms with van der Waals surface area (Å²) in [6.45, 7) is 3.25. The molecule has 2 aromatic rings. The van der Waals surface area contributed by atoms with Gasteiger partial charge in [-0.15, -0.1) is 0 Å². The number of aryl methyl sites for hydroxylation is 1. The zero-order valence-electron chi connectivity index (χ0n) is 11.4. The molecule has 0 bridgehead atoms. The summed E-state index contributed by atoms with van der Waals surface area (Å²) in [4.78, 5) is 12.0. The number of aromatic nitrogens is 2. The summed E-state index contributed by atoms with van der Waals surface area (Å²) in [5.41, 5.74) is 1.04. The lowest BCUT2D eigenvalue weighted by atomic mass is 10.2. The molecule has 0 aliphatic heterocycles. The van der Waals surface area contributed by atoms with E-state index in [1.165, 1.54) is 16.9 Å². The average molecular weight is 290 g/mol. The van der Waals surface area contributed by atoms with Gasteiger partial charge in [-0.1, -0.05) is 0 Å². The van der Waals surface area contributed by atoms with Crippen molar-refractivity contribution < 1.29 is 13.6 Å². The molecule has 108 valence electrons. The Morgan fingerprint density at radius 3 is 2.71 bits per heavy atom. The van der Waals surface area contributed by atoms with Gasteiger partial charge >= 0.3 is 0 Å². The molecule has 21 heavy (non-hydrogen) atoms. The van der Waals surface area contributed by atoms with Crippen LogP contribution in [0.15, 0.2) is 24.4 Å². The fraction of sp³-hybridized carbons (Fsp3) is 0.214. The molecule has 1 atom stereocenters. The summed E-state index contributed by atoms with van der Waals surface area (Å²) in [7, 11) is 0. The first-order valence-corrected chi connectivity index (χ1v) is 6.14. The van der Waals surface area contributed by atoms with Crippen LogP contribution >= 0.6 is 0 Å². The summed E-state index contributed by atoms with van der Waals surface area (Å²) in [6, 6.07) is 4.36. The van der Waals surface area contributed by atoms with Gasteiger partial charge in [0, 0.05) is 18.0 Å². The third-order valence-corrected chi connectivity index (χ3v) is 3.00. The van der Waals surface area contributed by atoms with Crippen LogP contribution in [-0.2, 0) is 4.79 Å². The van der Waals surface area contributed by atoms with E-state index in [2.05, 4.69) is 10.4 Å². The summed E-state index contributed by atoms with van der Waals surface area (Å²) >= 11 is 0. The Morgan fingerprint density at radius 2 is 2.14 bits per heavy atom. The van der Waals surface area contributed by atoms with Gasteiger partial charge in [-0.3, -0.25) is 9.48 Å². The average Bonchev–Trinajstić information content (AvgIpc) is 2.83. The molecule has 5 nitrogen and oxygen atoms in total. The number of nitriles is 1. The number of halogens is 2. The Bertz CT molecular complexity index is 733. The minimum Gasteiger partial charge on any atom is -0.324 e. The number of hydrogen-bond acceptors (Lipinski definition) is 3. The van der Waals surface area contributed by atoms with E-state index in [4.69, 9.17) is 5.26 Å². The number of hydrogen-bond donors (Lipinski definition) is 1. The number of nitrogens with zero attached hydrogens (tertiary/aromatic N) is 3. The van der Waals surface area contributed by atoms with E-state index in [1.54, 1.807) is 13.8 Å². The van der Waals surface area contributed by atoms with Gasteiger partial charge in [-0.25, -0.2) is 8.78 Å². The molecule has 0 fully saturated rings. The van der Waals surface area contributed by atoms with Crippen molar-refractivity contribution in [1.82, 2.24) is 9.78 Å². The van der Waals surface area contributed by atoms with E-state index in [9.17, 15) is 13.6 Å². The predicted molar refractivity (Wildman–Crippen MR) is 71.4 cm³/mol. The molecular weight excluding hydrogens is 278 g/mol. The van der Waals surface area contributed by atoms with Crippen LogP contribution in [0.3, 0.4) is 0 Å². The quantitative estimate of drug-likeness (QED) is 0.944. The molecule has 1 heterocycles. The summed E-state index contributed by atoms with van der Waals surface area (Å²) in [5.74, 6) is -2.47. The van der Waals surface area contributed by atoms with E-state index in [-0.39, 0.29) is 5.69 Å². The van der Waals surface area contributed by atoms with Crippen molar-refractivity contribution in [2.75, 3.05) is 5.32 Å². The minimum atomic E-state index is -1.04. The second-order valence-corrected chi connectivity index (χ2v) is 4.51. The highest BCUT2D eigenvalue weighted by atomic mass is 19.2. The van der Waals surface area contributed by atoms with Crippen molar-refractivity contribution in [3.63, 3.8) is 0 Å². The van der Waals surface area contributed by atoms with E-state index >= 15 is 0 Å². The van der Waals surface area contributed by atoms with Crippen molar-refractivity contribution in [3.8, 4) is 6.07 Å². The maximum Gasteiger partial charge on any atom is 0.248 e. The zero-order valence-corrected chi connectivity index (χ0v) is 11.4. The Hall–Kier alpha value is -2.75. The Kier molecular flexibility index (Phi) is 3.98. The van der Waals surface area contributed by atoms with Gasteiger partial charge < -0.3 is 5.32 Å². The molecule has 0 unspecified atom stereocenters. The van der Waals surface area contributed by atoms with Crippen LogP contribution in [0.25, 0.3) is 0 Å². The molecule has 0 saturated carbocycles. The van der Waals surface area contributed by atoms with Crippen LogP contribution in [0, 0.1) is 29.9 Å². The second kappa shape index (κ2) is 5.71. The van der Waals surface area contributed by atoms with Gasteiger partial charge in [0.1, 0.15) is 12.1 Å². The van der Waals surface area contributed by atoms with Crippen molar-refractivity contribution in [1.29, 1.82) is 5.26 Å². The molecule has 0 spiro atoms. The molecule has 2 rings (SSSR count). The van der Waals surface area contributed by atoms with Crippen molar-refractivity contribution >= 4 is 11.6 Å². The maximum atomic E-state index is 13.1. The summed E-state index contributed by atoms with van der Waals surface area (Å²) in [5, 5.41) is 15.4. The van der Waals surface area contributed by atoms with E-state index in [0.717, 1.165) is 12.1 Å². The van der Waals surface area contributed by atoms with Crippen LogP contribution in [0.5, 0.6) is 0 Å². The molecule has 0 radical (unpaired) electrons. The van der Waals surface area contributed by atoms with Gasteiger partial charge in [0.2, 0.25) is 5.91 Å². The van der Waals surface area contributed by atoms with Crippen molar-refractivity contribution in [2.45, 2.75) is 19.9 Å². The fourth-order valence-electron chi connectivity index (χ4n) is 1.73. The highest BCUT2D eigenvalue weighted by molar-refractivity contribution is 5.93. The molecule has 0 aliphatic carbocycles. The van der Waals surface area contributed by atoms with Gasteiger partial charge in [0.15, 0.2) is 11.6 Å². The van der Waals surface area contributed by atoms with Crippen LogP contribution in [0.2, 0.25) is 0 Å². The Morgan fingerprint density at radius 1 is 1.43 bits per heavy atom. The first kappa shape index (κ1) is 14.7. The number of amides is 1. The number of rotatable bonds is 3. The lowest BCUT2D eigenvalue weighted by Crippen LogP contribution is -2.24. The highest BCUT2D eigenvalue weighted by Crippen LogP contribution is 2.16.